The van der Waals surface area contributed by atoms with E-state index < -0.39 is 7.92 Å². The molecule has 0 nitrogen and oxygen atoms in total. The molecule has 0 aromatic heterocycles. The predicted octanol–water partition coefficient (Wildman–Crippen LogP) is 11.8. The second-order valence-corrected chi connectivity index (χ2v) is 16.6. The fraction of sp³-hybridized carbons (Fsp3) is 0.174. The Bertz CT molecular complexity index is 2100. The van der Waals surface area contributed by atoms with E-state index in [4.69, 9.17) is 0 Å². The first-order valence-corrected chi connectivity index (χ1v) is 20.3. The van der Waals surface area contributed by atoms with Gasteiger partial charge < -0.3 is 0 Å². The van der Waals surface area contributed by atoms with Crippen LogP contribution in [0.25, 0.3) is 32.7 Å². The average Bonchev–Trinajstić information content (AvgIpc) is 3.17. The smallest absolute Gasteiger partial charge is 0.00167 e. The minimum atomic E-state index is -0.627. The molecule has 48 heavy (non-hydrogen) atoms. The van der Waals surface area contributed by atoms with Crippen LogP contribution in [-0.4, -0.2) is 0 Å². The Labute approximate surface area is 288 Å². The lowest BCUT2D eigenvalue weighted by atomic mass is 9.84. The van der Waals surface area contributed by atoms with Crippen LogP contribution in [0.2, 0.25) is 0 Å². The topological polar surface area (TPSA) is 0 Å². The van der Waals surface area contributed by atoms with Gasteiger partial charge in [-0.1, -0.05) is 186 Å². The first-order chi connectivity index (χ1) is 23.8. The van der Waals surface area contributed by atoms with Crippen molar-refractivity contribution < 1.29 is 0 Å². The summed E-state index contributed by atoms with van der Waals surface area (Å²) in [5.74, 6) is 0.716. The molecule has 7 aromatic carbocycles. The summed E-state index contributed by atoms with van der Waals surface area (Å²) < 4.78 is 0. The van der Waals surface area contributed by atoms with Gasteiger partial charge in [0, 0.05) is 6.16 Å². The molecular weight excluding hydrogens is 614 g/mol. The molecular formula is C46H42P2. The molecule has 236 valence electrons. The zero-order valence-electron chi connectivity index (χ0n) is 27.5. The highest BCUT2D eigenvalue weighted by molar-refractivity contribution is 7.72. The van der Waals surface area contributed by atoms with Crippen LogP contribution < -0.4 is 15.9 Å². The van der Waals surface area contributed by atoms with E-state index in [1.807, 2.05) is 0 Å². The Morgan fingerprint density at radius 1 is 0.542 bits per heavy atom. The standard InChI is InChI=1S/C46H42P2/c1-4-17-35(18-5-1)41-27-14-15-30-45(41)47-32-37-31-36-20-11-13-28-42(36)46(43-29-16-21-34-19-10-12-26-40(34)43)44(37)33-48(38-22-6-2-7-23-38)39-24-8-3-9-25-39/h2-3,6-16,19-31,35,47H,1,4-5,17-18,32-33H2. The maximum absolute atomic E-state index is 2.54. The van der Waals surface area contributed by atoms with Crippen LogP contribution in [0.5, 0.6) is 0 Å². The highest BCUT2D eigenvalue weighted by Crippen LogP contribution is 2.47. The second-order valence-electron chi connectivity index (χ2n) is 13.2. The van der Waals surface area contributed by atoms with Crippen LogP contribution in [0.15, 0.2) is 158 Å². The van der Waals surface area contributed by atoms with Gasteiger partial charge in [-0.3, -0.25) is 0 Å². The number of benzene rings is 7. The summed E-state index contributed by atoms with van der Waals surface area (Å²) in [6.45, 7) is 0. The Hall–Kier alpha value is -4.08. The largest absolute Gasteiger partial charge is 0.0856 e. The Morgan fingerprint density at radius 2 is 1.15 bits per heavy atom. The number of hydrogen-bond acceptors (Lipinski definition) is 0. The van der Waals surface area contributed by atoms with Crippen molar-refractivity contribution in [3.63, 3.8) is 0 Å². The Balaban J connectivity index is 1.33. The van der Waals surface area contributed by atoms with Crippen LogP contribution in [0.4, 0.5) is 0 Å². The lowest BCUT2D eigenvalue weighted by Crippen LogP contribution is -2.15. The molecule has 8 rings (SSSR count). The van der Waals surface area contributed by atoms with Crippen molar-refractivity contribution in [2.45, 2.75) is 50.3 Å². The van der Waals surface area contributed by atoms with E-state index in [1.165, 1.54) is 86.5 Å². The predicted molar refractivity (Wildman–Crippen MR) is 214 cm³/mol. The summed E-state index contributed by atoms with van der Waals surface area (Å²) in [6, 6.07) is 59.4. The number of fused-ring (bicyclic) bond motifs is 2. The van der Waals surface area contributed by atoms with Crippen LogP contribution in [0.3, 0.4) is 0 Å². The molecule has 0 spiro atoms. The molecule has 7 aromatic rings. The molecule has 0 amide bonds. The van der Waals surface area contributed by atoms with Gasteiger partial charge in [-0.25, -0.2) is 0 Å². The molecule has 0 bridgehead atoms. The second kappa shape index (κ2) is 14.6. The van der Waals surface area contributed by atoms with E-state index >= 15 is 0 Å². The van der Waals surface area contributed by atoms with Crippen molar-refractivity contribution >= 4 is 54.0 Å². The zero-order valence-corrected chi connectivity index (χ0v) is 29.4. The lowest BCUT2D eigenvalue weighted by molar-refractivity contribution is 0.445. The van der Waals surface area contributed by atoms with E-state index in [0.29, 0.717) is 5.92 Å². The molecule has 0 saturated heterocycles. The molecule has 0 aliphatic heterocycles. The summed E-state index contributed by atoms with van der Waals surface area (Å²) in [7, 11) is 0.118. The van der Waals surface area contributed by atoms with E-state index in [2.05, 4.69) is 158 Å². The summed E-state index contributed by atoms with van der Waals surface area (Å²) in [6.07, 6.45) is 8.88. The Kier molecular flexibility index (Phi) is 9.48. The van der Waals surface area contributed by atoms with Gasteiger partial charge >= 0.3 is 0 Å². The van der Waals surface area contributed by atoms with E-state index in [0.717, 1.165) is 20.9 Å². The molecule has 1 aliphatic carbocycles. The molecule has 1 atom stereocenters. The molecule has 1 fully saturated rings. The van der Waals surface area contributed by atoms with Crippen molar-refractivity contribution in [1.82, 2.24) is 0 Å². The van der Waals surface area contributed by atoms with Gasteiger partial charge in [0.25, 0.3) is 0 Å². The number of hydrogen-bond donors (Lipinski definition) is 0. The van der Waals surface area contributed by atoms with Gasteiger partial charge in [-0.05, 0) is 98.1 Å². The van der Waals surface area contributed by atoms with Crippen molar-refractivity contribution in [2.24, 2.45) is 0 Å². The molecule has 2 heteroatoms. The molecule has 1 saturated carbocycles. The van der Waals surface area contributed by atoms with Crippen LogP contribution >= 0.6 is 16.5 Å². The quantitative estimate of drug-likeness (QED) is 0.136. The van der Waals surface area contributed by atoms with E-state index in [-0.39, 0.29) is 0 Å². The van der Waals surface area contributed by atoms with Gasteiger partial charge in [0.2, 0.25) is 0 Å². The summed E-state index contributed by atoms with van der Waals surface area (Å²) in [5, 5.41) is 9.77. The van der Waals surface area contributed by atoms with Crippen molar-refractivity contribution in [1.29, 1.82) is 0 Å². The first-order valence-electron chi connectivity index (χ1n) is 17.6. The minimum Gasteiger partial charge on any atom is -0.0856 e. The molecule has 0 N–H and O–H groups in total. The van der Waals surface area contributed by atoms with Gasteiger partial charge in [0.1, 0.15) is 0 Å². The van der Waals surface area contributed by atoms with Gasteiger partial charge in [-0.2, -0.15) is 0 Å². The van der Waals surface area contributed by atoms with Crippen LogP contribution in [0, 0.1) is 0 Å². The lowest BCUT2D eigenvalue weighted by Gasteiger charge is -2.26. The van der Waals surface area contributed by atoms with E-state index in [1.54, 1.807) is 10.9 Å². The summed E-state index contributed by atoms with van der Waals surface area (Å²) in [5.41, 5.74) is 7.41. The first kappa shape index (κ1) is 31.2. The zero-order chi connectivity index (χ0) is 32.1. The fourth-order valence-corrected chi connectivity index (χ4v) is 11.7. The van der Waals surface area contributed by atoms with E-state index in [9.17, 15) is 0 Å². The Morgan fingerprint density at radius 3 is 1.90 bits per heavy atom. The normalized spacial score (nSPS) is 14.0. The maximum atomic E-state index is 2.54. The van der Waals surface area contributed by atoms with Gasteiger partial charge in [0.05, 0.1) is 0 Å². The minimum absolute atomic E-state index is 0.627. The van der Waals surface area contributed by atoms with Crippen molar-refractivity contribution in [3.8, 4) is 11.1 Å². The van der Waals surface area contributed by atoms with Gasteiger partial charge in [-0.15, -0.1) is 0 Å². The monoisotopic (exact) mass is 656 g/mol. The number of rotatable bonds is 9. The molecule has 1 aliphatic rings. The van der Waals surface area contributed by atoms with Crippen LogP contribution in [0.1, 0.15) is 54.7 Å². The fourth-order valence-electron chi connectivity index (χ4n) is 7.86. The molecule has 1 unspecified atom stereocenters. The SMILES string of the molecule is c1ccc(P(Cc2c(CPc3ccccc3C3CCCCC3)cc3ccccc3c2-c2cccc3ccccc23)c2ccccc2)cc1. The third-order valence-corrected chi connectivity index (χ3v) is 14.1. The molecule has 0 radical (unpaired) electrons. The van der Waals surface area contributed by atoms with Crippen molar-refractivity contribution in [2.75, 3.05) is 0 Å². The van der Waals surface area contributed by atoms with Crippen LogP contribution in [-0.2, 0) is 12.3 Å². The van der Waals surface area contributed by atoms with Crippen molar-refractivity contribution in [3.05, 3.63) is 174 Å². The highest BCUT2D eigenvalue weighted by atomic mass is 31.1. The third kappa shape index (κ3) is 6.50. The summed E-state index contributed by atoms with van der Waals surface area (Å²) >= 11 is 0. The highest BCUT2D eigenvalue weighted by Gasteiger charge is 2.23. The third-order valence-electron chi connectivity index (χ3n) is 10.2. The van der Waals surface area contributed by atoms with Gasteiger partial charge in [0.15, 0.2) is 0 Å². The summed E-state index contributed by atoms with van der Waals surface area (Å²) in [4.78, 5) is 0. The molecule has 0 heterocycles. The maximum Gasteiger partial charge on any atom is 0.00167 e. The average molecular weight is 657 g/mol.